The smallest absolute Gasteiger partial charge is 0.0597 e. The lowest BCUT2D eigenvalue weighted by atomic mass is 10.0. The third kappa shape index (κ3) is 2.27. The highest BCUT2D eigenvalue weighted by Gasteiger charge is 2.14. The number of fused-ring (bicyclic) bond motifs is 1. The molecular formula is C17H18N2. The van der Waals surface area contributed by atoms with Crippen LogP contribution < -0.4 is 5.73 Å². The Morgan fingerprint density at radius 1 is 0.895 bits per heavy atom. The Balaban J connectivity index is 2.10. The van der Waals surface area contributed by atoms with Gasteiger partial charge in [0.2, 0.25) is 0 Å². The highest BCUT2D eigenvalue weighted by molar-refractivity contribution is 5.80. The summed E-state index contributed by atoms with van der Waals surface area (Å²) in [6, 6.07) is 21.5. The first-order valence-electron chi connectivity index (χ1n) is 6.71. The first-order chi connectivity index (χ1) is 9.40. The molecule has 2 N–H and O–H groups in total. The van der Waals surface area contributed by atoms with Crippen molar-refractivity contribution in [2.75, 3.05) is 6.54 Å². The maximum atomic E-state index is 5.80. The van der Waals surface area contributed by atoms with E-state index in [4.69, 9.17) is 5.73 Å². The summed E-state index contributed by atoms with van der Waals surface area (Å²) in [6.45, 7) is 0.687. The SMILES string of the molecule is NCC[C@H](c1ccccc1)n1ccc2ccccc21. The van der Waals surface area contributed by atoms with Crippen LogP contribution in [0.15, 0.2) is 66.9 Å². The van der Waals surface area contributed by atoms with Crippen molar-refractivity contribution in [1.29, 1.82) is 0 Å². The predicted molar refractivity (Wildman–Crippen MR) is 80.2 cm³/mol. The summed E-state index contributed by atoms with van der Waals surface area (Å²) in [5, 5.41) is 1.28. The van der Waals surface area contributed by atoms with E-state index in [0.717, 1.165) is 6.42 Å². The summed E-state index contributed by atoms with van der Waals surface area (Å²) in [5.41, 5.74) is 8.39. The largest absolute Gasteiger partial charge is 0.340 e. The molecule has 0 amide bonds. The van der Waals surface area contributed by atoms with Crippen LogP contribution in [0.5, 0.6) is 0 Å². The first kappa shape index (κ1) is 12.0. The molecule has 19 heavy (non-hydrogen) atoms. The van der Waals surface area contributed by atoms with E-state index >= 15 is 0 Å². The molecule has 1 atom stereocenters. The zero-order chi connectivity index (χ0) is 13.1. The van der Waals surface area contributed by atoms with E-state index in [1.54, 1.807) is 0 Å². The maximum absolute atomic E-state index is 5.80. The Kier molecular flexibility index (Phi) is 3.34. The molecule has 1 aromatic heterocycles. The molecular weight excluding hydrogens is 232 g/mol. The monoisotopic (exact) mass is 250 g/mol. The molecule has 1 heterocycles. The molecule has 0 fully saturated rings. The van der Waals surface area contributed by atoms with Gasteiger partial charge in [-0.1, -0.05) is 48.5 Å². The van der Waals surface area contributed by atoms with Crippen LogP contribution in [0.4, 0.5) is 0 Å². The Bertz CT molecular complexity index is 655. The normalized spacial score (nSPS) is 12.7. The first-order valence-corrected chi connectivity index (χ1v) is 6.71. The second-order valence-corrected chi connectivity index (χ2v) is 4.79. The molecule has 2 aromatic carbocycles. The van der Waals surface area contributed by atoms with Gasteiger partial charge in [-0.05, 0) is 36.0 Å². The van der Waals surface area contributed by atoms with Crippen LogP contribution in [0.2, 0.25) is 0 Å². The minimum atomic E-state index is 0.311. The van der Waals surface area contributed by atoms with Crippen molar-refractivity contribution >= 4 is 10.9 Å². The molecule has 0 unspecified atom stereocenters. The summed E-state index contributed by atoms with van der Waals surface area (Å²) in [4.78, 5) is 0. The predicted octanol–water partition coefficient (Wildman–Crippen LogP) is 3.58. The van der Waals surface area contributed by atoms with Crippen LogP contribution in [0.3, 0.4) is 0 Å². The van der Waals surface area contributed by atoms with Crippen LogP contribution in [-0.2, 0) is 0 Å². The van der Waals surface area contributed by atoms with Gasteiger partial charge >= 0.3 is 0 Å². The average Bonchev–Trinajstić information content (AvgIpc) is 2.89. The summed E-state index contributed by atoms with van der Waals surface area (Å²) < 4.78 is 2.33. The number of aromatic nitrogens is 1. The fraction of sp³-hybridized carbons (Fsp3) is 0.176. The minimum Gasteiger partial charge on any atom is -0.340 e. The van der Waals surface area contributed by atoms with Crippen LogP contribution in [0, 0.1) is 0 Å². The van der Waals surface area contributed by atoms with Crippen LogP contribution >= 0.6 is 0 Å². The Morgan fingerprint density at radius 2 is 1.63 bits per heavy atom. The number of hydrogen-bond donors (Lipinski definition) is 1. The van der Waals surface area contributed by atoms with Gasteiger partial charge in [0.05, 0.1) is 6.04 Å². The van der Waals surface area contributed by atoms with Crippen molar-refractivity contribution < 1.29 is 0 Å². The Morgan fingerprint density at radius 3 is 2.42 bits per heavy atom. The van der Waals surface area contributed by atoms with Crippen molar-refractivity contribution in [3.05, 3.63) is 72.4 Å². The van der Waals surface area contributed by atoms with E-state index in [9.17, 15) is 0 Å². The van der Waals surface area contributed by atoms with Gasteiger partial charge in [0.25, 0.3) is 0 Å². The van der Waals surface area contributed by atoms with E-state index in [0.29, 0.717) is 12.6 Å². The number of benzene rings is 2. The van der Waals surface area contributed by atoms with Crippen LogP contribution in [0.1, 0.15) is 18.0 Å². The van der Waals surface area contributed by atoms with Crippen molar-refractivity contribution in [2.24, 2.45) is 5.73 Å². The van der Waals surface area contributed by atoms with Crippen molar-refractivity contribution in [2.45, 2.75) is 12.5 Å². The van der Waals surface area contributed by atoms with E-state index in [2.05, 4.69) is 71.4 Å². The van der Waals surface area contributed by atoms with E-state index in [-0.39, 0.29) is 0 Å². The quantitative estimate of drug-likeness (QED) is 0.754. The third-order valence-corrected chi connectivity index (χ3v) is 3.59. The fourth-order valence-corrected chi connectivity index (χ4v) is 2.68. The maximum Gasteiger partial charge on any atom is 0.0597 e. The van der Waals surface area contributed by atoms with Gasteiger partial charge in [-0.25, -0.2) is 0 Å². The third-order valence-electron chi connectivity index (χ3n) is 3.59. The van der Waals surface area contributed by atoms with E-state index < -0.39 is 0 Å². The molecule has 0 saturated heterocycles. The van der Waals surface area contributed by atoms with Crippen molar-refractivity contribution in [3.63, 3.8) is 0 Å². The van der Waals surface area contributed by atoms with Gasteiger partial charge in [-0.3, -0.25) is 0 Å². The highest BCUT2D eigenvalue weighted by Crippen LogP contribution is 2.27. The second kappa shape index (κ2) is 5.29. The molecule has 2 nitrogen and oxygen atoms in total. The molecule has 96 valence electrons. The van der Waals surface area contributed by atoms with Crippen LogP contribution in [-0.4, -0.2) is 11.1 Å². The Hall–Kier alpha value is -2.06. The second-order valence-electron chi connectivity index (χ2n) is 4.79. The lowest BCUT2D eigenvalue weighted by Gasteiger charge is -2.20. The lowest BCUT2D eigenvalue weighted by Crippen LogP contribution is -2.14. The van der Waals surface area contributed by atoms with Crippen molar-refractivity contribution in [3.8, 4) is 0 Å². The van der Waals surface area contributed by atoms with Gasteiger partial charge in [-0.2, -0.15) is 0 Å². The number of rotatable bonds is 4. The van der Waals surface area contributed by atoms with Gasteiger partial charge in [-0.15, -0.1) is 0 Å². The number of nitrogens with two attached hydrogens (primary N) is 1. The molecule has 0 aliphatic heterocycles. The van der Waals surface area contributed by atoms with Gasteiger partial charge in [0.1, 0.15) is 0 Å². The van der Waals surface area contributed by atoms with Gasteiger partial charge < -0.3 is 10.3 Å². The molecule has 3 rings (SSSR count). The fourth-order valence-electron chi connectivity index (χ4n) is 2.68. The number of hydrogen-bond acceptors (Lipinski definition) is 1. The number of para-hydroxylation sites is 1. The molecule has 0 saturated carbocycles. The van der Waals surface area contributed by atoms with E-state index in [1.807, 2.05) is 0 Å². The molecule has 3 aromatic rings. The molecule has 0 spiro atoms. The van der Waals surface area contributed by atoms with Gasteiger partial charge in [0.15, 0.2) is 0 Å². The summed E-state index contributed by atoms with van der Waals surface area (Å²) >= 11 is 0. The molecule has 2 heteroatoms. The molecule has 0 bridgehead atoms. The highest BCUT2D eigenvalue weighted by atomic mass is 15.0. The number of nitrogens with zero attached hydrogens (tertiary/aromatic N) is 1. The Labute approximate surface area is 113 Å². The zero-order valence-electron chi connectivity index (χ0n) is 10.9. The van der Waals surface area contributed by atoms with Crippen LogP contribution in [0.25, 0.3) is 10.9 Å². The van der Waals surface area contributed by atoms with E-state index in [1.165, 1.54) is 16.5 Å². The van der Waals surface area contributed by atoms with Crippen molar-refractivity contribution in [1.82, 2.24) is 4.57 Å². The molecule has 0 radical (unpaired) electrons. The zero-order valence-corrected chi connectivity index (χ0v) is 10.9. The van der Waals surface area contributed by atoms with Gasteiger partial charge in [0, 0.05) is 11.7 Å². The topological polar surface area (TPSA) is 30.9 Å². The molecule has 0 aliphatic carbocycles. The standard InChI is InChI=1S/C17H18N2/c18-12-10-17(14-6-2-1-3-7-14)19-13-11-15-8-4-5-9-16(15)19/h1-9,11,13,17H,10,12,18H2/t17-/m1/s1. The summed E-state index contributed by atoms with van der Waals surface area (Å²) in [5.74, 6) is 0. The molecule has 0 aliphatic rings. The lowest BCUT2D eigenvalue weighted by molar-refractivity contribution is 0.564. The summed E-state index contributed by atoms with van der Waals surface area (Å²) in [7, 11) is 0. The summed E-state index contributed by atoms with van der Waals surface area (Å²) in [6.07, 6.45) is 3.11. The minimum absolute atomic E-state index is 0.311. The average molecular weight is 250 g/mol.